The molecular formula is C26H20FN5O4. The van der Waals surface area contributed by atoms with Gasteiger partial charge in [-0.05, 0) is 67.6 Å². The van der Waals surface area contributed by atoms with Gasteiger partial charge in [-0.1, -0.05) is 5.16 Å². The lowest BCUT2D eigenvalue weighted by molar-refractivity contribution is -0.116. The molecule has 1 N–H and O–H groups in total. The summed E-state index contributed by atoms with van der Waals surface area (Å²) in [5, 5.41) is 7.05. The van der Waals surface area contributed by atoms with E-state index in [0.29, 0.717) is 33.7 Å². The number of aromatic nitrogens is 4. The third-order valence-corrected chi connectivity index (χ3v) is 5.51. The lowest BCUT2D eigenvalue weighted by Gasteiger charge is -2.12. The van der Waals surface area contributed by atoms with Gasteiger partial charge in [0.1, 0.15) is 29.3 Å². The summed E-state index contributed by atoms with van der Waals surface area (Å²) in [4.78, 5) is 34.9. The van der Waals surface area contributed by atoms with Gasteiger partial charge in [-0.2, -0.15) is 4.98 Å². The van der Waals surface area contributed by atoms with Crippen LogP contribution >= 0.6 is 0 Å². The summed E-state index contributed by atoms with van der Waals surface area (Å²) in [6.45, 7) is 1.68. The number of methoxy groups -OCH3 is 1. The summed E-state index contributed by atoms with van der Waals surface area (Å²) < 4.78 is 25.3. The first-order chi connectivity index (χ1) is 17.4. The van der Waals surface area contributed by atoms with Gasteiger partial charge in [0.2, 0.25) is 17.2 Å². The van der Waals surface area contributed by atoms with Crippen LogP contribution in [-0.4, -0.2) is 32.7 Å². The molecule has 0 spiro atoms. The van der Waals surface area contributed by atoms with Crippen LogP contribution in [0.15, 0.2) is 76.2 Å². The highest BCUT2D eigenvalue weighted by atomic mass is 19.1. The molecule has 2 aromatic carbocycles. The zero-order chi connectivity index (χ0) is 25.2. The van der Waals surface area contributed by atoms with E-state index in [0.717, 1.165) is 0 Å². The second-order valence-electron chi connectivity index (χ2n) is 8.03. The van der Waals surface area contributed by atoms with Gasteiger partial charge in [-0.15, -0.1) is 0 Å². The van der Waals surface area contributed by atoms with E-state index in [1.54, 1.807) is 55.0 Å². The van der Waals surface area contributed by atoms with Crippen LogP contribution in [0.25, 0.3) is 33.9 Å². The topological polar surface area (TPSA) is 112 Å². The van der Waals surface area contributed by atoms with Crippen LogP contribution in [-0.2, 0) is 11.3 Å². The smallest absolute Gasteiger partial charge is 0.263 e. The molecule has 0 aliphatic heterocycles. The number of amides is 1. The van der Waals surface area contributed by atoms with Gasteiger partial charge < -0.3 is 19.1 Å². The fraction of sp³-hybridized carbons (Fsp3) is 0.115. The Labute approximate surface area is 204 Å². The van der Waals surface area contributed by atoms with Gasteiger partial charge in [0.15, 0.2) is 0 Å². The first-order valence-electron chi connectivity index (χ1n) is 11.0. The van der Waals surface area contributed by atoms with Crippen LogP contribution < -0.4 is 15.5 Å². The van der Waals surface area contributed by atoms with Crippen LogP contribution in [0.4, 0.5) is 10.1 Å². The van der Waals surface area contributed by atoms with Crippen molar-refractivity contribution in [2.24, 2.45) is 0 Å². The summed E-state index contributed by atoms with van der Waals surface area (Å²) in [5.41, 5.74) is 1.92. The fourth-order valence-electron chi connectivity index (χ4n) is 3.71. The normalized spacial score (nSPS) is 11.0. The number of nitrogens with one attached hydrogen (secondary N) is 1. The number of hydrogen-bond donors (Lipinski definition) is 1. The molecule has 10 heteroatoms. The highest BCUT2D eigenvalue weighted by Gasteiger charge is 2.19. The Bertz CT molecular complexity index is 1630. The summed E-state index contributed by atoms with van der Waals surface area (Å²) >= 11 is 0. The molecule has 0 saturated carbocycles. The van der Waals surface area contributed by atoms with E-state index in [9.17, 15) is 14.0 Å². The van der Waals surface area contributed by atoms with Crippen LogP contribution in [0.1, 0.15) is 5.69 Å². The highest BCUT2D eigenvalue weighted by molar-refractivity contribution is 5.92. The Morgan fingerprint density at radius 3 is 2.53 bits per heavy atom. The number of fused-ring (bicyclic) bond motifs is 1. The highest BCUT2D eigenvalue weighted by Crippen LogP contribution is 2.23. The molecule has 3 aromatic heterocycles. The minimum absolute atomic E-state index is 0.0221. The second-order valence-corrected chi connectivity index (χ2v) is 8.03. The number of pyridine rings is 2. The van der Waals surface area contributed by atoms with Crippen molar-refractivity contribution >= 4 is 22.6 Å². The Kier molecular flexibility index (Phi) is 5.99. The number of halogens is 1. The van der Waals surface area contributed by atoms with E-state index >= 15 is 0 Å². The number of nitrogens with zero attached hydrogens (tertiary/aromatic N) is 4. The molecule has 0 atom stereocenters. The predicted octanol–water partition coefficient (Wildman–Crippen LogP) is 4.21. The predicted molar refractivity (Wildman–Crippen MR) is 131 cm³/mol. The van der Waals surface area contributed by atoms with E-state index in [1.165, 1.54) is 30.5 Å². The van der Waals surface area contributed by atoms with Crippen molar-refractivity contribution in [2.45, 2.75) is 13.5 Å². The molecule has 9 nitrogen and oxygen atoms in total. The summed E-state index contributed by atoms with van der Waals surface area (Å²) in [7, 11) is 1.56. The molecule has 0 fully saturated rings. The third kappa shape index (κ3) is 4.56. The molecule has 0 aliphatic carbocycles. The lowest BCUT2D eigenvalue weighted by atomic mass is 10.1. The average molecular weight is 485 g/mol. The van der Waals surface area contributed by atoms with Crippen molar-refractivity contribution in [1.82, 2.24) is 19.7 Å². The zero-order valence-electron chi connectivity index (χ0n) is 19.4. The standard InChI is InChI=1S/C26H20FN5O4/c1-15-3-12-20-23(34)21(26-30-24(31-36-26)16-4-6-17(27)7-5-16)13-32(25(20)28-15)14-22(33)29-18-8-10-19(35-2)11-9-18/h3-13H,14H2,1-2H3,(H,29,33). The third-order valence-electron chi connectivity index (χ3n) is 5.51. The maximum atomic E-state index is 13.3. The maximum absolute atomic E-state index is 13.3. The molecular weight excluding hydrogens is 465 g/mol. The fourth-order valence-corrected chi connectivity index (χ4v) is 3.71. The molecule has 0 aliphatic rings. The lowest BCUT2D eigenvalue weighted by Crippen LogP contribution is -2.22. The maximum Gasteiger partial charge on any atom is 0.263 e. The molecule has 0 saturated heterocycles. The van der Waals surface area contributed by atoms with Crippen LogP contribution in [0.5, 0.6) is 5.75 Å². The van der Waals surface area contributed by atoms with Crippen molar-refractivity contribution in [1.29, 1.82) is 0 Å². The number of ether oxygens (including phenoxy) is 1. The summed E-state index contributed by atoms with van der Waals surface area (Å²) in [5.74, 6) is 0.136. The van der Waals surface area contributed by atoms with E-state index < -0.39 is 5.82 Å². The Morgan fingerprint density at radius 2 is 1.81 bits per heavy atom. The number of carbonyl (C=O) groups is 1. The molecule has 1 amide bonds. The first-order valence-corrected chi connectivity index (χ1v) is 11.0. The summed E-state index contributed by atoms with van der Waals surface area (Å²) in [6.07, 6.45) is 1.48. The van der Waals surface area contributed by atoms with Gasteiger partial charge >= 0.3 is 0 Å². The molecule has 5 aromatic rings. The van der Waals surface area contributed by atoms with Crippen LogP contribution in [0, 0.1) is 12.7 Å². The zero-order valence-corrected chi connectivity index (χ0v) is 19.4. The minimum atomic E-state index is -0.393. The van der Waals surface area contributed by atoms with E-state index in [4.69, 9.17) is 9.26 Å². The SMILES string of the molecule is COc1ccc(NC(=O)Cn2cc(-c3nc(-c4ccc(F)cc4)no3)c(=O)c3ccc(C)nc32)cc1. The van der Waals surface area contributed by atoms with Crippen molar-refractivity contribution in [2.75, 3.05) is 12.4 Å². The quantitative estimate of drug-likeness (QED) is 0.383. The van der Waals surface area contributed by atoms with E-state index in [1.807, 2.05) is 0 Å². The van der Waals surface area contributed by atoms with Gasteiger partial charge in [0.25, 0.3) is 5.89 Å². The molecule has 180 valence electrons. The van der Waals surface area contributed by atoms with Gasteiger partial charge in [0.05, 0.1) is 12.5 Å². The molecule has 0 bridgehead atoms. The van der Waals surface area contributed by atoms with Crippen LogP contribution in [0.2, 0.25) is 0 Å². The number of anilines is 1. The molecule has 36 heavy (non-hydrogen) atoms. The first kappa shape index (κ1) is 22.9. The van der Waals surface area contributed by atoms with Crippen molar-refractivity contribution in [3.05, 3.63) is 88.6 Å². The van der Waals surface area contributed by atoms with Crippen molar-refractivity contribution in [3.63, 3.8) is 0 Å². The van der Waals surface area contributed by atoms with Gasteiger partial charge in [0, 0.05) is 23.1 Å². The minimum Gasteiger partial charge on any atom is -0.497 e. The number of rotatable bonds is 6. The van der Waals surface area contributed by atoms with Crippen LogP contribution in [0.3, 0.4) is 0 Å². The average Bonchev–Trinajstić information content (AvgIpc) is 3.36. The monoisotopic (exact) mass is 485 g/mol. The summed E-state index contributed by atoms with van der Waals surface area (Å²) in [6, 6.07) is 15.9. The molecule has 5 rings (SSSR count). The second kappa shape index (κ2) is 9.41. The van der Waals surface area contributed by atoms with Gasteiger partial charge in [-0.3, -0.25) is 9.59 Å². The number of carbonyl (C=O) groups excluding carboxylic acids is 1. The molecule has 0 radical (unpaired) electrons. The largest absolute Gasteiger partial charge is 0.497 e. The number of aryl methyl sites for hydroxylation is 1. The Balaban J connectivity index is 1.52. The molecule has 0 unspecified atom stereocenters. The van der Waals surface area contributed by atoms with Crippen molar-refractivity contribution in [3.8, 4) is 28.6 Å². The van der Waals surface area contributed by atoms with Gasteiger partial charge in [-0.25, -0.2) is 9.37 Å². The Hall–Kier alpha value is -4.86. The molecule has 3 heterocycles. The Morgan fingerprint density at radius 1 is 1.06 bits per heavy atom. The van der Waals surface area contributed by atoms with Crippen molar-refractivity contribution < 1.29 is 18.4 Å². The van der Waals surface area contributed by atoms with E-state index in [-0.39, 0.29) is 35.2 Å². The van der Waals surface area contributed by atoms with E-state index in [2.05, 4.69) is 20.4 Å². The number of hydrogen-bond acceptors (Lipinski definition) is 7. The number of benzene rings is 2.